The van der Waals surface area contributed by atoms with Gasteiger partial charge >= 0.3 is 0 Å². The van der Waals surface area contributed by atoms with Gasteiger partial charge in [0.15, 0.2) is 0 Å². The lowest BCUT2D eigenvalue weighted by atomic mass is 9.96. The Morgan fingerprint density at radius 2 is 2.14 bits per heavy atom. The van der Waals surface area contributed by atoms with E-state index < -0.39 is 0 Å². The SMILES string of the molecule is c1cn(CC2CCN(Cc3ccc4c(c3)CCO4)CC2)nn1. The molecule has 5 heteroatoms. The average molecular weight is 298 g/mol. The zero-order chi connectivity index (χ0) is 14.8. The molecular weight excluding hydrogens is 276 g/mol. The Hall–Kier alpha value is -1.88. The second-order valence-corrected chi connectivity index (χ2v) is 6.39. The highest BCUT2D eigenvalue weighted by Crippen LogP contribution is 2.27. The summed E-state index contributed by atoms with van der Waals surface area (Å²) in [5.41, 5.74) is 2.79. The molecule has 0 radical (unpaired) electrons. The van der Waals surface area contributed by atoms with E-state index in [0.29, 0.717) is 0 Å². The molecule has 2 aromatic rings. The number of benzene rings is 1. The van der Waals surface area contributed by atoms with Crippen molar-refractivity contribution in [1.82, 2.24) is 19.9 Å². The summed E-state index contributed by atoms with van der Waals surface area (Å²) in [7, 11) is 0. The molecule has 1 aromatic heterocycles. The zero-order valence-electron chi connectivity index (χ0n) is 12.8. The van der Waals surface area contributed by atoms with Crippen molar-refractivity contribution in [2.75, 3.05) is 19.7 Å². The first-order valence-electron chi connectivity index (χ1n) is 8.18. The van der Waals surface area contributed by atoms with Gasteiger partial charge in [0.2, 0.25) is 0 Å². The van der Waals surface area contributed by atoms with Crippen LogP contribution in [0.2, 0.25) is 0 Å². The number of piperidine rings is 1. The van der Waals surface area contributed by atoms with Gasteiger partial charge in [-0.25, -0.2) is 0 Å². The molecule has 116 valence electrons. The van der Waals surface area contributed by atoms with E-state index in [0.717, 1.165) is 37.8 Å². The van der Waals surface area contributed by atoms with Gasteiger partial charge in [-0.05, 0) is 49.0 Å². The van der Waals surface area contributed by atoms with Crippen molar-refractivity contribution in [2.45, 2.75) is 32.4 Å². The summed E-state index contributed by atoms with van der Waals surface area (Å²) >= 11 is 0. The molecule has 0 aliphatic carbocycles. The minimum atomic E-state index is 0.728. The molecule has 5 nitrogen and oxygen atoms in total. The molecule has 0 saturated carbocycles. The van der Waals surface area contributed by atoms with Crippen LogP contribution in [-0.4, -0.2) is 39.6 Å². The molecule has 3 heterocycles. The lowest BCUT2D eigenvalue weighted by molar-refractivity contribution is 0.164. The van der Waals surface area contributed by atoms with Gasteiger partial charge < -0.3 is 4.74 Å². The van der Waals surface area contributed by atoms with E-state index in [1.54, 1.807) is 6.20 Å². The predicted molar refractivity (Wildman–Crippen MR) is 83.7 cm³/mol. The number of fused-ring (bicyclic) bond motifs is 1. The van der Waals surface area contributed by atoms with Crippen LogP contribution in [-0.2, 0) is 19.5 Å². The van der Waals surface area contributed by atoms with Crippen molar-refractivity contribution in [3.8, 4) is 5.75 Å². The van der Waals surface area contributed by atoms with Crippen molar-refractivity contribution in [3.05, 3.63) is 41.7 Å². The summed E-state index contributed by atoms with van der Waals surface area (Å²) < 4.78 is 7.54. The van der Waals surface area contributed by atoms with E-state index in [4.69, 9.17) is 4.74 Å². The number of nitrogens with zero attached hydrogens (tertiary/aromatic N) is 4. The van der Waals surface area contributed by atoms with Gasteiger partial charge in [0.1, 0.15) is 5.75 Å². The summed E-state index contributed by atoms with van der Waals surface area (Å²) in [5, 5.41) is 7.95. The first kappa shape index (κ1) is 13.8. The summed E-state index contributed by atoms with van der Waals surface area (Å²) in [4.78, 5) is 2.56. The smallest absolute Gasteiger partial charge is 0.122 e. The Bertz CT molecular complexity index is 618. The van der Waals surface area contributed by atoms with E-state index in [2.05, 4.69) is 33.4 Å². The third-order valence-electron chi connectivity index (χ3n) is 4.78. The molecule has 0 N–H and O–H groups in total. The third-order valence-corrected chi connectivity index (χ3v) is 4.78. The normalized spacial score (nSPS) is 19.1. The molecule has 0 bridgehead atoms. The molecule has 2 aliphatic rings. The number of ether oxygens (including phenoxy) is 1. The summed E-state index contributed by atoms with van der Waals surface area (Å²) in [6.07, 6.45) is 7.26. The molecule has 0 spiro atoms. The average Bonchev–Trinajstić information content (AvgIpc) is 3.20. The molecular formula is C17H22N4O. The maximum atomic E-state index is 5.58. The second kappa shape index (κ2) is 6.08. The molecule has 0 unspecified atom stereocenters. The van der Waals surface area contributed by atoms with E-state index in [-0.39, 0.29) is 0 Å². The maximum Gasteiger partial charge on any atom is 0.122 e. The number of rotatable bonds is 4. The minimum absolute atomic E-state index is 0.728. The fourth-order valence-corrected chi connectivity index (χ4v) is 3.52. The lowest BCUT2D eigenvalue weighted by Crippen LogP contribution is -2.34. The van der Waals surface area contributed by atoms with Crippen LogP contribution >= 0.6 is 0 Å². The molecule has 1 fully saturated rings. The van der Waals surface area contributed by atoms with Crippen LogP contribution in [0.3, 0.4) is 0 Å². The quantitative estimate of drug-likeness (QED) is 0.867. The lowest BCUT2D eigenvalue weighted by Gasteiger charge is -2.31. The van der Waals surface area contributed by atoms with Crippen molar-refractivity contribution in [3.63, 3.8) is 0 Å². The highest BCUT2D eigenvalue weighted by molar-refractivity contribution is 5.39. The number of likely N-dealkylation sites (tertiary alicyclic amines) is 1. The van der Waals surface area contributed by atoms with Gasteiger partial charge in [0.05, 0.1) is 12.8 Å². The topological polar surface area (TPSA) is 43.2 Å². The van der Waals surface area contributed by atoms with Crippen LogP contribution in [0.1, 0.15) is 24.0 Å². The molecule has 2 aliphatic heterocycles. The Morgan fingerprint density at radius 3 is 2.95 bits per heavy atom. The monoisotopic (exact) mass is 298 g/mol. The van der Waals surface area contributed by atoms with Crippen LogP contribution in [0.4, 0.5) is 0 Å². The highest BCUT2D eigenvalue weighted by Gasteiger charge is 2.20. The van der Waals surface area contributed by atoms with Gasteiger partial charge in [0.25, 0.3) is 0 Å². The second-order valence-electron chi connectivity index (χ2n) is 6.39. The fourth-order valence-electron chi connectivity index (χ4n) is 3.52. The van der Waals surface area contributed by atoms with Crippen LogP contribution in [0, 0.1) is 5.92 Å². The summed E-state index contributed by atoms with van der Waals surface area (Å²) in [5.74, 6) is 1.81. The molecule has 1 saturated heterocycles. The molecule has 22 heavy (non-hydrogen) atoms. The third kappa shape index (κ3) is 2.99. The summed E-state index contributed by atoms with van der Waals surface area (Å²) in [6.45, 7) is 5.25. The Morgan fingerprint density at radius 1 is 1.23 bits per heavy atom. The van der Waals surface area contributed by atoms with Crippen molar-refractivity contribution < 1.29 is 4.74 Å². The van der Waals surface area contributed by atoms with Gasteiger partial charge in [-0.1, -0.05) is 17.3 Å². The Balaban J connectivity index is 1.30. The minimum Gasteiger partial charge on any atom is -0.493 e. The standard InChI is InChI=1S/C17H22N4O/c1-2-17-16(5-10-22-17)11-15(1)12-20-7-3-14(4-8-20)13-21-9-6-18-19-21/h1-2,6,9,11,14H,3-5,7-8,10,12-13H2. The Kier molecular flexibility index (Phi) is 3.81. The largest absolute Gasteiger partial charge is 0.493 e. The van der Waals surface area contributed by atoms with Crippen molar-refractivity contribution in [2.24, 2.45) is 5.92 Å². The van der Waals surface area contributed by atoms with Gasteiger partial charge in [-0.2, -0.15) is 0 Å². The van der Waals surface area contributed by atoms with E-state index in [1.807, 2.05) is 10.9 Å². The Labute approximate surface area is 130 Å². The van der Waals surface area contributed by atoms with Gasteiger partial charge in [-0.3, -0.25) is 9.58 Å². The molecule has 0 amide bonds. The molecule has 4 rings (SSSR count). The fraction of sp³-hybridized carbons (Fsp3) is 0.529. The van der Waals surface area contributed by atoms with Crippen LogP contribution in [0.25, 0.3) is 0 Å². The summed E-state index contributed by atoms with van der Waals surface area (Å²) in [6, 6.07) is 6.67. The molecule has 1 aromatic carbocycles. The van der Waals surface area contributed by atoms with E-state index >= 15 is 0 Å². The van der Waals surface area contributed by atoms with Crippen LogP contribution in [0.15, 0.2) is 30.6 Å². The number of aromatic nitrogens is 3. The maximum absolute atomic E-state index is 5.58. The van der Waals surface area contributed by atoms with E-state index in [1.165, 1.54) is 37.1 Å². The molecule has 0 atom stereocenters. The van der Waals surface area contributed by atoms with Crippen molar-refractivity contribution in [1.29, 1.82) is 0 Å². The van der Waals surface area contributed by atoms with Crippen LogP contribution < -0.4 is 4.74 Å². The highest BCUT2D eigenvalue weighted by atomic mass is 16.5. The van der Waals surface area contributed by atoms with Crippen molar-refractivity contribution >= 4 is 0 Å². The van der Waals surface area contributed by atoms with Gasteiger partial charge in [0, 0.05) is 25.7 Å². The first-order valence-corrected chi connectivity index (χ1v) is 8.18. The zero-order valence-corrected chi connectivity index (χ0v) is 12.8. The van der Waals surface area contributed by atoms with E-state index in [9.17, 15) is 0 Å². The first-order chi connectivity index (χ1) is 10.9. The predicted octanol–water partition coefficient (Wildman–Crippen LogP) is 2.13. The van der Waals surface area contributed by atoms with Gasteiger partial charge in [-0.15, -0.1) is 5.10 Å². The number of hydrogen-bond acceptors (Lipinski definition) is 4. The van der Waals surface area contributed by atoms with Crippen LogP contribution in [0.5, 0.6) is 5.75 Å². The number of hydrogen-bond donors (Lipinski definition) is 0.